The van der Waals surface area contributed by atoms with Gasteiger partial charge in [-0.1, -0.05) is 25.3 Å². The van der Waals surface area contributed by atoms with Gasteiger partial charge in [0.05, 0.1) is 0 Å². The van der Waals surface area contributed by atoms with Crippen LogP contribution in [0.25, 0.3) is 0 Å². The molecule has 6 heteroatoms. The molecule has 0 spiro atoms. The number of nitrogens with one attached hydrogen (secondary N) is 3. The molecule has 3 N–H and O–H groups in total. The van der Waals surface area contributed by atoms with Gasteiger partial charge in [0.1, 0.15) is 0 Å². The minimum Gasteiger partial charge on any atom is -0.354 e. The molecule has 1 fully saturated rings. The van der Waals surface area contributed by atoms with E-state index in [1.54, 1.807) is 6.20 Å². The zero-order valence-electron chi connectivity index (χ0n) is 14.2. The Hall–Kier alpha value is -2.11. The number of carbonyl (C=O) groups excluding carboxylic acids is 2. The minimum absolute atomic E-state index is 0.0965. The Morgan fingerprint density at radius 1 is 1.00 bits per heavy atom. The summed E-state index contributed by atoms with van der Waals surface area (Å²) in [6.07, 6.45) is 9.20. The number of aromatic nitrogens is 1. The van der Waals surface area contributed by atoms with Crippen molar-refractivity contribution in [3.8, 4) is 0 Å². The fourth-order valence-corrected chi connectivity index (χ4v) is 3.02. The number of hydrogen-bond acceptors (Lipinski definition) is 3. The van der Waals surface area contributed by atoms with E-state index in [4.69, 9.17) is 0 Å². The highest BCUT2D eigenvalue weighted by molar-refractivity contribution is 5.76. The van der Waals surface area contributed by atoms with Crippen LogP contribution in [0.2, 0.25) is 0 Å². The monoisotopic (exact) mass is 332 g/mol. The van der Waals surface area contributed by atoms with Gasteiger partial charge in [-0.3, -0.25) is 9.78 Å². The normalized spacial score (nSPS) is 14.8. The topological polar surface area (TPSA) is 83.1 Å². The van der Waals surface area contributed by atoms with Crippen molar-refractivity contribution in [2.45, 2.75) is 44.9 Å². The van der Waals surface area contributed by atoms with Gasteiger partial charge in [-0.25, -0.2) is 4.79 Å². The van der Waals surface area contributed by atoms with E-state index in [1.807, 2.05) is 18.2 Å². The van der Waals surface area contributed by atoms with Gasteiger partial charge >= 0.3 is 6.03 Å². The Bertz CT molecular complexity index is 501. The van der Waals surface area contributed by atoms with Crippen LogP contribution >= 0.6 is 0 Å². The molecule has 0 saturated heterocycles. The SMILES string of the molecule is O=C(CC1CCCCC1)NCCNC(=O)NCCc1ccccn1. The molecule has 132 valence electrons. The van der Waals surface area contributed by atoms with E-state index in [-0.39, 0.29) is 11.9 Å². The van der Waals surface area contributed by atoms with Crippen molar-refractivity contribution in [3.63, 3.8) is 0 Å². The van der Waals surface area contributed by atoms with E-state index in [2.05, 4.69) is 20.9 Å². The Morgan fingerprint density at radius 2 is 1.75 bits per heavy atom. The molecule has 0 aliphatic heterocycles. The first-order chi connectivity index (χ1) is 11.7. The minimum atomic E-state index is -0.215. The van der Waals surface area contributed by atoms with E-state index in [9.17, 15) is 9.59 Å². The summed E-state index contributed by atoms with van der Waals surface area (Å²) < 4.78 is 0. The van der Waals surface area contributed by atoms with Gasteiger partial charge in [-0.2, -0.15) is 0 Å². The van der Waals surface area contributed by atoms with E-state index < -0.39 is 0 Å². The van der Waals surface area contributed by atoms with Crippen molar-refractivity contribution in [2.75, 3.05) is 19.6 Å². The summed E-state index contributed by atoms with van der Waals surface area (Å²) in [7, 11) is 0. The molecule has 1 aliphatic carbocycles. The fraction of sp³-hybridized carbons (Fsp3) is 0.611. The van der Waals surface area contributed by atoms with Crippen LogP contribution in [0.15, 0.2) is 24.4 Å². The first kappa shape index (κ1) is 18.2. The molecular weight excluding hydrogens is 304 g/mol. The lowest BCUT2D eigenvalue weighted by Crippen LogP contribution is -2.41. The first-order valence-corrected chi connectivity index (χ1v) is 8.92. The molecule has 1 aromatic heterocycles. The number of hydrogen-bond donors (Lipinski definition) is 3. The van der Waals surface area contributed by atoms with Gasteiger partial charge in [-0.05, 0) is 30.9 Å². The lowest BCUT2D eigenvalue weighted by molar-refractivity contribution is -0.122. The number of nitrogens with zero attached hydrogens (tertiary/aromatic N) is 1. The van der Waals surface area contributed by atoms with Gasteiger partial charge < -0.3 is 16.0 Å². The van der Waals surface area contributed by atoms with Gasteiger partial charge in [0.15, 0.2) is 0 Å². The molecule has 3 amide bonds. The Balaban J connectivity index is 1.47. The summed E-state index contributed by atoms with van der Waals surface area (Å²) in [6.45, 7) is 1.45. The average Bonchev–Trinajstić information content (AvgIpc) is 2.60. The van der Waals surface area contributed by atoms with Crippen molar-refractivity contribution in [3.05, 3.63) is 30.1 Å². The van der Waals surface area contributed by atoms with Crippen molar-refractivity contribution in [1.82, 2.24) is 20.9 Å². The number of urea groups is 1. The van der Waals surface area contributed by atoms with Gasteiger partial charge in [0.2, 0.25) is 5.91 Å². The predicted octanol–water partition coefficient (Wildman–Crippen LogP) is 2.01. The molecule has 2 rings (SSSR count). The highest BCUT2D eigenvalue weighted by Gasteiger charge is 2.16. The maximum absolute atomic E-state index is 11.8. The molecule has 1 heterocycles. The second-order valence-electron chi connectivity index (χ2n) is 6.31. The molecule has 0 radical (unpaired) electrons. The molecule has 24 heavy (non-hydrogen) atoms. The summed E-state index contributed by atoms with van der Waals surface area (Å²) in [4.78, 5) is 27.7. The van der Waals surface area contributed by atoms with Crippen LogP contribution in [-0.4, -0.2) is 36.6 Å². The lowest BCUT2D eigenvalue weighted by atomic mass is 9.87. The molecule has 1 aromatic rings. The Morgan fingerprint density at radius 3 is 2.50 bits per heavy atom. The standard InChI is InChI=1S/C18H28N4O2/c23-17(14-15-6-2-1-3-7-15)20-12-13-22-18(24)21-11-9-16-8-4-5-10-19-16/h4-5,8,10,15H,1-3,6-7,9,11-14H2,(H,20,23)(H2,21,22,24). The van der Waals surface area contributed by atoms with E-state index >= 15 is 0 Å². The predicted molar refractivity (Wildman–Crippen MR) is 93.5 cm³/mol. The molecule has 0 atom stereocenters. The highest BCUT2D eigenvalue weighted by atomic mass is 16.2. The third kappa shape index (κ3) is 7.44. The van der Waals surface area contributed by atoms with Crippen molar-refractivity contribution in [1.29, 1.82) is 0 Å². The molecular formula is C18H28N4O2. The van der Waals surface area contributed by atoms with Crippen LogP contribution in [0.5, 0.6) is 0 Å². The zero-order valence-corrected chi connectivity index (χ0v) is 14.2. The number of carbonyl (C=O) groups is 2. The van der Waals surface area contributed by atoms with Crippen molar-refractivity contribution in [2.24, 2.45) is 5.92 Å². The Kier molecular flexibility index (Phi) is 8.07. The van der Waals surface area contributed by atoms with Gasteiger partial charge in [0.25, 0.3) is 0 Å². The second kappa shape index (κ2) is 10.6. The summed E-state index contributed by atoms with van der Waals surface area (Å²) >= 11 is 0. The molecule has 0 unspecified atom stereocenters. The van der Waals surface area contributed by atoms with Gasteiger partial charge in [0, 0.05) is 44.4 Å². The third-order valence-electron chi connectivity index (χ3n) is 4.32. The lowest BCUT2D eigenvalue weighted by Gasteiger charge is -2.20. The molecule has 0 bridgehead atoms. The van der Waals surface area contributed by atoms with Crippen LogP contribution < -0.4 is 16.0 Å². The number of amides is 3. The summed E-state index contributed by atoms with van der Waals surface area (Å²) in [6, 6.07) is 5.51. The van der Waals surface area contributed by atoms with Crippen LogP contribution in [0, 0.1) is 5.92 Å². The van der Waals surface area contributed by atoms with Crippen molar-refractivity contribution >= 4 is 11.9 Å². The third-order valence-corrected chi connectivity index (χ3v) is 4.32. The van der Waals surface area contributed by atoms with Crippen LogP contribution in [-0.2, 0) is 11.2 Å². The summed E-state index contributed by atoms with van der Waals surface area (Å²) in [5, 5.41) is 8.40. The first-order valence-electron chi connectivity index (χ1n) is 8.92. The Labute approximate surface area is 143 Å². The molecule has 1 aliphatic rings. The van der Waals surface area contributed by atoms with Crippen LogP contribution in [0.1, 0.15) is 44.2 Å². The van der Waals surface area contributed by atoms with E-state index in [0.717, 1.165) is 5.69 Å². The molecule has 1 saturated carbocycles. The zero-order chi connectivity index (χ0) is 17.0. The highest BCUT2D eigenvalue weighted by Crippen LogP contribution is 2.25. The van der Waals surface area contributed by atoms with Crippen LogP contribution in [0.3, 0.4) is 0 Å². The second-order valence-corrected chi connectivity index (χ2v) is 6.31. The summed E-state index contributed by atoms with van der Waals surface area (Å²) in [5.74, 6) is 0.640. The summed E-state index contributed by atoms with van der Waals surface area (Å²) in [5.41, 5.74) is 0.952. The smallest absolute Gasteiger partial charge is 0.314 e. The maximum Gasteiger partial charge on any atom is 0.314 e. The van der Waals surface area contributed by atoms with E-state index in [0.29, 0.717) is 38.4 Å². The largest absolute Gasteiger partial charge is 0.354 e. The van der Waals surface area contributed by atoms with Crippen molar-refractivity contribution < 1.29 is 9.59 Å². The number of rotatable bonds is 8. The molecule has 6 nitrogen and oxygen atoms in total. The average molecular weight is 332 g/mol. The maximum atomic E-state index is 11.8. The fourth-order valence-electron chi connectivity index (χ4n) is 3.02. The molecule has 0 aromatic carbocycles. The quantitative estimate of drug-likeness (QED) is 0.637. The number of pyridine rings is 1. The van der Waals surface area contributed by atoms with Crippen LogP contribution in [0.4, 0.5) is 4.79 Å². The van der Waals surface area contributed by atoms with Gasteiger partial charge in [-0.15, -0.1) is 0 Å². The van der Waals surface area contributed by atoms with E-state index in [1.165, 1.54) is 32.1 Å².